The van der Waals surface area contributed by atoms with E-state index >= 15 is 0 Å². The van der Waals surface area contributed by atoms with Crippen LogP contribution in [0.3, 0.4) is 0 Å². The number of aliphatic hydroxyl groups excluding tert-OH is 2. The van der Waals surface area contributed by atoms with Gasteiger partial charge >= 0.3 is 0 Å². The van der Waals surface area contributed by atoms with Crippen LogP contribution in [-0.2, 0) is 14.4 Å². The molecule has 0 spiro atoms. The average Bonchev–Trinajstić information content (AvgIpc) is 2.94. The lowest BCUT2D eigenvalue weighted by Gasteiger charge is -2.28. The molecule has 1 aromatic carbocycles. The number of aryl methyl sites for hydroxylation is 1. The lowest BCUT2D eigenvalue weighted by atomic mass is 10.0. The minimum Gasteiger partial charge on any atom is -0.388 e. The van der Waals surface area contributed by atoms with E-state index in [1.54, 1.807) is 43.6 Å². The van der Waals surface area contributed by atoms with Crippen molar-refractivity contribution in [1.29, 1.82) is 0 Å². The van der Waals surface area contributed by atoms with Gasteiger partial charge in [0.2, 0.25) is 17.7 Å². The van der Waals surface area contributed by atoms with Gasteiger partial charge in [0.05, 0.1) is 12.1 Å². The van der Waals surface area contributed by atoms with Crippen LogP contribution < -0.4 is 16.0 Å². The van der Waals surface area contributed by atoms with Gasteiger partial charge in [-0.05, 0) is 51.4 Å². The van der Waals surface area contributed by atoms with Crippen LogP contribution in [0.5, 0.6) is 0 Å². The number of hydrogen-bond donors (Lipinski definition) is 5. The number of aliphatic hydroxyl groups is 2. The zero-order valence-electron chi connectivity index (χ0n) is 24.7. The van der Waals surface area contributed by atoms with Crippen molar-refractivity contribution in [3.05, 3.63) is 47.7 Å². The maximum atomic E-state index is 12.8. The molecule has 0 bridgehead atoms. The van der Waals surface area contributed by atoms with Crippen LogP contribution in [0.25, 0.3) is 0 Å². The first-order valence-corrected chi connectivity index (χ1v) is 16.1. The smallest absolute Gasteiger partial charge is 0.249 e. The summed E-state index contributed by atoms with van der Waals surface area (Å²) in [6, 6.07) is 8.83. The zero-order valence-corrected chi connectivity index (χ0v) is 26.3. The number of carbonyl (C=O) groups is 3. The molecule has 0 heterocycles. The van der Waals surface area contributed by atoms with Gasteiger partial charge < -0.3 is 26.2 Å². The van der Waals surface area contributed by atoms with Gasteiger partial charge in [-0.25, -0.2) is 0 Å². The molecule has 0 saturated carbocycles. The molecule has 0 aliphatic heterocycles. The van der Waals surface area contributed by atoms with Crippen molar-refractivity contribution < 1.29 is 24.6 Å². The van der Waals surface area contributed by atoms with Gasteiger partial charge in [-0.1, -0.05) is 49.2 Å². The summed E-state index contributed by atoms with van der Waals surface area (Å²) < 4.78 is 0. The molecule has 5 N–H and O–H groups in total. The average molecular weight is 597 g/mol. The van der Waals surface area contributed by atoms with Crippen LogP contribution >= 0.6 is 23.5 Å². The second-order valence-electron chi connectivity index (χ2n) is 9.22. The summed E-state index contributed by atoms with van der Waals surface area (Å²) in [5.74, 6) is 0.771. The second-order valence-corrected chi connectivity index (χ2v) is 11.4. The van der Waals surface area contributed by atoms with Crippen molar-refractivity contribution in [3.8, 4) is 0 Å². The molecule has 4 unspecified atom stereocenters. The SMILES string of the molecule is CC=N/C=C(\C)C(=O)NC(CSCCCC)C(=O)NCC(O)C(O)C(CCSC)NC(C)=O.Cc1ccccc1. The molecular weight excluding hydrogens is 548 g/mol. The van der Waals surface area contributed by atoms with E-state index in [1.807, 2.05) is 24.5 Å². The number of thioether (sulfide) groups is 2. The molecule has 0 saturated heterocycles. The largest absolute Gasteiger partial charge is 0.388 e. The quantitative estimate of drug-likeness (QED) is 0.106. The van der Waals surface area contributed by atoms with Gasteiger partial charge in [0, 0.05) is 37.2 Å². The van der Waals surface area contributed by atoms with Crippen LogP contribution in [0.2, 0.25) is 0 Å². The number of aliphatic imine (C=N–C) groups is 1. The Morgan fingerprint density at radius 2 is 1.75 bits per heavy atom. The molecule has 40 heavy (non-hydrogen) atoms. The summed E-state index contributed by atoms with van der Waals surface area (Å²) in [6.07, 6.45) is 4.87. The number of unbranched alkanes of at least 4 members (excludes halogenated alkanes) is 1. The summed E-state index contributed by atoms with van der Waals surface area (Å²) in [4.78, 5) is 40.5. The van der Waals surface area contributed by atoms with E-state index in [1.165, 1.54) is 18.7 Å². The van der Waals surface area contributed by atoms with Gasteiger partial charge in [-0.3, -0.25) is 19.4 Å². The van der Waals surface area contributed by atoms with Crippen molar-refractivity contribution >= 4 is 47.5 Å². The summed E-state index contributed by atoms with van der Waals surface area (Å²) in [6.45, 7) is 8.64. The Labute approximate surface area is 248 Å². The molecule has 3 amide bonds. The first kappa shape index (κ1) is 37.7. The van der Waals surface area contributed by atoms with Crippen molar-refractivity contribution in [2.45, 2.75) is 78.2 Å². The lowest BCUT2D eigenvalue weighted by molar-refractivity contribution is -0.127. The molecule has 1 aromatic rings. The fourth-order valence-corrected chi connectivity index (χ4v) is 4.85. The number of nitrogens with one attached hydrogen (secondary N) is 3. The zero-order chi connectivity index (χ0) is 30.3. The Bertz CT molecular complexity index is 915. The van der Waals surface area contributed by atoms with Crippen molar-refractivity contribution in [3.63, 3.8) is 0 Å². The van der Waals surface area contributed by atoms with E-state index in [-0.39, 0.29) is 12.5 Å². The number of hydrogen-bond acceptors (Lipinski definition) is 8. The number of nitrogens with zero attached hydrogens (tertiary/aromatic N) is 1. The fraction of sp³-hybridized carbons (Fsp3) is 0.586. The molecule has 0 fully saturated rings. The summed E-state index contributed by atoms with van der Waals surface area (Å²) in [5.41, 5.74) is 1.69. The Hall–Kier alpha value is -2.34. The molecule has 0 radical (unpaired) electrons. The lowest BCUT2D eigenvalue weighted by Crippen LogP contribution is -2.54. The third kappa shape index (κ3) is 18.1. The van der Waals surface area contributed by atoms with Crippen LogP contribution in [0, 0.1) is 6.92 Å². The Balaban J connectivity index is 0.00000187. The predicted molar refractivity (Wildman–Crippen MR) is 169 cm³/mol. The van der Waals surface area contributed by atoms with Crippen molar-refractivity contribution in [2.24, 2.45) is 4.99 Å². The van der Waals surface area contributed by atoms with E-state index < -0.39 is 36.1 Å². The van der Waals surface area contributed by atoms with Gasteiger partial charge in [0.25, 0.3) is 0 Å². The Morgan fingerprint density at radius 1 is 1.07 bits per heavy atom. The molecule has 226 valence electrons. The molecule has 9 nitrogen and oxygen atoms in total. The Kier molecular flexibility index (Phi) is 22.0. The third-order valence-electron chi connectivity index (χ3n) is 5.58. The van der Waals surface area contributed by atoms with E-state index in [0.29, 0.717) is 23.5 Å². The minimum atomic E-state index is -1.28. The number of rotatable bonds is 17. The summed E-state index contributed by atoms with van der Waals surface area (Å²) in [7, 11) is 0. The van der Waals surface area contributed by atoms with Crippen LogP contribution in [0.15, 0.2) is 47.1 Å². The topological polar surface area (TPSA) is 140 Å². The van der Waals surface area contributed by atoms with E-state index in [0.717, 1.165) is 18.6 Å². The standard InChI is InChI=1S/C22H40N4O5S2.C7H8/c1-6-8-10-33-14-18(26-21(30)15(3)12-23-7-2)22(31)24-13-19(28)20(29)17(9-11-32-5)25-16(4)27;1-7-5-3-2-4-6-7/h7,12,17-20,28-29H,6,8-11,13-14H2,1-5H3,(H,24,31)(H,25,27)(H,26,30);2-6H,1H3/b15-12+,23-7?;. The van der Waals surface area contributed by atoms with Crippen molar-refractivity contribution in [2.75, 3.05) is 30.1 Å². The first-order chi connectivity index (χ1) is 19.1. The fourth-order valence-electron chi connectivity index (χ4n) is 3.23. The van der Waals surface area contributed by atoms with Gasteiger partial charge in [0.15, 0.2) is 0 Å². The second kappa shape index (κ2) is 23.4. The van der Waals surface area contributed by atoms with E-state index in [9.17, 15) is 24.6 Å². The van der Waals surface area contributed by atoms with Crippen molar-refractivity contribution in [1.82, 2.24) is 16.0 Å². The molecule has 0 aromatic heterocycles. The van der Waals surface area contributed by atoms with Crippen LogP contribution in [0.4, 0.5) is 0 Å². The third-order valence-corrected chi connectivity index (χ3v) is 7.37. The highest BCUT2D eigenvalue weighted by Gasteiger charge is 2.28. The predicted octanol–water partition coefficient (Wildman–Crippen LogP) is 3.09. The normalized spacial score (nSPS) is 14.3. The number of amides is 3. The van der Waals surface area contributed by atoms with Crippen LogP contribution in [-0.4, -0.2) is 88.5 Å². The highest BCUT2D eigenvalue weighted by Crippen LogP contribution is 2.10. The maximum Gasteiger partial charge on any atom is 0.249 e. The van der Waals surface area contributed by atoms with Gasteiger partial charge in [0.1, 0.15) is 12.1 Å². The summed E-state index contributed by atoms with van der Waals surface area (Å²) >= 11 is 3.12. The van der Waals surface area contributed by atoms with Gasteiger partial charge in [-0.2, -0.15) is 23.5 Å². The minimum absolute atomic E-state index is 0.212. The molecule has 4 atom stereocenters. The molecule has 1 rings (SSSR count). The first-order valence-electron chi connectivity index (χ1n) is 13.5. The molecule has 11 heteroatoms. The van der Waals surface area contributed by atoms with Crippen LogP contribution in [0.1, 0.15) is 52.5 Å². The van der Waals surface area contributed by atoms with E-state index in [4.69, 9.17) is 0 Å². The Morgan fingerprint density at radius 3 is 2.27 bits per heavy atom. The maximum absolute atomic E-state index is 12.8. The molecular formula is C29H48N4O5S2. The van der Waals surface area contributed by atoms with E-state index in [2.05, 4.69) is 46.9 Å². The highest BCUT2D eigenvalue weighted by atomic mass is 32.2. The highest BCUT2D eigenvalue weighted by molar-refractivity contribution is 7.99. The molecule has 0 aliphatic rings. The number of carbonyl (C=O) groups excluding carboxylic acids is 3. The van der Waals surface area contributed by atoms with Gasteiger partial charge in [-0.15, -0.1) is 0 Å². The monoisotopic (exact) mass is 596 g/mol. The molecule has 0 aliphatic carbocycles. The summed E-state index contributed by atoms with van der Waals surface area (Å²) in [5, 5.41) is 28.9. The number of benzene rings is 1.